The summed E-state index contributed by atoms with van der Waals surface area (Å²) in [5.74, 6) is -3.10. The molecular weight excluding hydrogens is 344 g/mol. The third kappa shape index (κ3) is 2.65. The molecule has 2 heterocycles. The van der Waals surface area contributed by atoms with Gasteiger partial charge in [-0.05, 0) is 31.7 Å². The lowest BCUT2D eigenvalue weighted by Crippen LogP contribution is -2.43. The fourth-order valence-corrected chi connectivity index (χ4v) is 3.73. The predicted octanol–water partition coefficient (Wildman–Crippen LogP) is 2.24. The average Bonchev–Trinajstić information content (AvgIpc) is 3.40. The third-order valence-electron chi connectivity index (χ3n) is 5.13. The Hall–Kier alpha value is -2.48. The predicted molar refractivity (Wildman–Crippen MR) is 92.8 cm³/mol. The van der Waals surface area contributed by atoms with E-state index in [-0.39, 0.29) is 28.7 Å². The monoisotopic (exact) mass is 363 g/mol. The molecule has 1 aromatic carbocycles. The number of pyridine rings is 1. The van der Waals surface area contributed by atoms with Gasteiger partial charge in [-0.3, -0.25) is 4.79 Å². The van der Waals surface area contributed by atoms with Crippen LogP contribution in [0.4, 0.5) is 14.5 Å². The molecular formula is C18H19F2N3O3. The fraction of sp³-hybridized carbons (Fsp3) is 0.444. The van der Waals surface area contributed by atoms with Crippen molar-refractivity contribution in [1.82, 2.24) is 4.57 Å². The summed E-state index contributed by atoms with van der Waals surface area (Å²) < 4.78 is 31.6. The van der Waals surface area contributed by atoms with Crippen molar-refractivity contribution in [1.29, 1.82) is 0 Å². The summed E-state index contributed by atoms with van der Waals surface area (Å²) >= 11 is 0. The Bertz CT molecular complexity index is 969. The molecule has 0 radical (unpaired) electrons. The number of hydrogen-bond donors (Lipinski definition) is 2. The SMILES string of the molecule is N[C@@H]1CCCN(c2c(F)cc3c(=O)c(C(=O)O)cn(C4CC4)c3c2F)C1. The van der Waals surface area contributed by atoms with Gasteiger partial charge in [0.15, 0.2) is 5.82 Å². The number of piperidine rings is 1. The number of nitrogens with two attached hydrogens (primary N) is 1. The summed E-state index contributed by atoms with van der Waals surface area (Å²) in [6.07, 6.45) is 4.22. The van der Waals surface area contributed by atoms with Gasteiger partial charge in [0.25, 0.3) is 0 Å². The van der Waals surface area contributed by atoms with Crippen LogP contribution in [0.3, 0.4) is 0 Å². The van der Waals surface area contributed by atoms with Gasteiger partial charge in [-0.1, -0.05) is 0 Å². The minimum Gasteiger partial charge on any atom is -0.477 e. The topological polar surface area (TPSA) is 88.6 Å². The molecule has 4 rings (SSSR count). The normalized spacial score (nSPS) is 20.6. The van der Waals surface area contributed by atoms with Crippen molar-refractivity contribution in [2.45, 2.75) is 37.8 Å². The van der Waals surface area contributed by atoms with Crippen molar-refractivity contribution in [2.75, 3.05) is 18.0 Å². The molecule has 1 aliphatic heterocycles. The number of benzene rings is 1. The first-order valence-electron chi connectivity index (χ1n) is 8.69. The highest BCUT2D eigenvalue weighted by molar-refractivity contribution is 5.94. The number of aromatic carboxylic acids is 1. The van der Waals surface area contributed by atoms with Gasteiger partial charge in [-0.15, -0.1) is 0 Å². The maximum absolute atomic E-state index is 15.4. The zero-order valence-electron chi connectivity index (χ0n) is 14.0. The van der Waals surface area contributed by atoms with E-state index >= 15 is 4.39 Å². The molecule has 1 aliphatic carbocycles. The van der Waals surface area contributed by atoms with Crippen molar-refractivity contribution in [3.63, 3.8) is 0 Å². The van der Waals surface area contributed by atoms with Crippen LogP contribution in [-0.4, -0.2) is 34.8 Å². The summed E-state index contributed by atoms with van der Waals surface area (Å²) in [7, 11) is 0. The van der Waals surface area contributed by atoms with Crippen molar-refractivity contribution in [3.05, 3.63) is 39.7 Å². The lowest BCUT2D eigenvalue weighted by Gasteiger charge is -2.33. The van der Waals surface area contributed by atoms with Crippen LogP contribution in [0.5, 0.6) is 0 Å². The molecule has 2 aromatic rings. The largest absolute Gasteiger partial charge is 0.477 e. The second-order valence-corrected chi connectivity index (χ2v) is 7.08. The van der Waals surface area contributed by atoms with E-state index < -0.39 is 28.6 Å². The molecule has 6 nitrogen and oxygen atoms in total. The van der Waals surface area contributed by atoms with E-state index in [9.17, 15) is 19.1 Å². The number of nitrogens with zero attached hydrogens (tertiary/aromatic N) is 2. The molecule has 2 fully saturated rings. The molecule has 0 unspecified atom stereocenters. The van der Waals surface area contributed by atoms with Crippen LogP contribution in [-0.2, 0) is 0 Å². The number of aromatic nitrogens is 1. The van der Waals surface area contributed by atoms with Crippen LogP contribution in [0.1, 0.15) is 42.1 Å². The van der Waals surface area contributed by atoms with Crippen LogP contribution < -0.4 is 16.1 Å². The molecule has 138 valence electrons. The third-order valence-corrected chi connectivity index (χ3v) is 5.13. The number of fused-ring (bicyclic) bond motifs is 1. The second-order valence-electron chi connectivity index (χ2n) is 7.08. The van der Waals surface area contributed by atoms with E-state index in [1.165, 1.54) is 10.8 Å². The molecule has 0 amide bonds. The molecule has 0 spiro atoms. The molecule has 1 aromatic heterocycles. The van der Waals surface area contributed by atoms with Crippen LogP contribution in [0.2, 0.25) is 0 Å². The summed E-state index contributed by atoms with van der Waals surface area (Å²) in [6.45, 7) is 0.814. The summed E-state index contributed by atoms with van der Waals surface area (Å²) in [6, 6.07) is 0.715. The lowest BCUT2D eigenvalue weighted by molar-refractivity contribution is 0.0695. The number of halogens is 2. The minimum absolute atomic E-state index is 0.0296. The average molecular weight is 363 g/mol. The number of hydrogen-bond acceptors (Lipinski definition) is 4. The van der Waals surface area contributed by atoms with E-state index in [1.807, 2.05) is 0 Å². The van der Waals surface area contributed by atoms with Crippen LogP contribution in [0, 0.1) is 11.6 Å². The molecule has 1 atom stereocenters. The molecule has 0 bridgehead atoms. The van der Waals surface area contributed by atoms with Gasteiger partial charge in [0, 0.05) is 31.4 Å². The maximum Gasteiger partial charge on any atom is 0.341 e. The van der Waals surface area contributed by atoms with Crippen molar-refractivity contribution < 1.29 is 18.7 Å². The van der Waals surface area contributed by atoms with Gasteiger partial charge in [-0.25, -0.2) is 13.6 Å². The number of carbonyl (C=O) groups is 1. The van der Waals surface area contributed by atoms with Gasteiger partial charge in [0.1, 0.15) is 17.1 Å². The quantitative estimate of drug-likeness (QED) is 0.873. The Balaban J connectivity index is 2.00. The Morgan fingerprint density at radius 3 is 2.62 bits per heavy atom. The van der Waals surface area contributed by atoms with Gasteiger partial charge in [0.05, 0.1) is 10.9 Å². The standard InChI is InChI=1S/C18H19F2N3O3/c19-13-6-11-15(14(20)16(13)22-5-1-2-9(21)7-22)23(10-3-4-10)8-12(17(11)24)18(25)26/h6,8-10H,1-5,7,21H2,(H,25,26)/t9-/m1/s1. The van der Waals surface area contributed by atoms with Crippen LogP contribution in [0.25, 0.3) is 10.9 Å². The van der Waals surface area contributed by atoms with Crippen molar-refractivity contribution in [2.24, 2.45) is 5.73 Å². The minimum atomic E-state index is -1.40. The highest BCUT2D eigenvalue weighted by Crippen LogP contribution is 2.39. The van der Waals surface area contributed by atoms with E-state index in [2.05, 4.69) is 0 Å². The van der Waals surface area contributed by atoms with E-state index in [0.29, 0.717) is 13.1 Å². The highest BCUT2D eigenvalue weighted by Gasteiger charge is 2.31. The molecule has 26 heavy (non-hydrogen) atoms. The zero-order chi connectivity index (χ0) is 18.6. The Morgan fingerprint density at radius 1 is 1.27 bits per heavy atom. The zero-order valence-corrected chi connectivity index (χ0v) is 14.0. The van der Waals surface area contributed by atoms with Gasteiger partial charge in [0.2, 0.25) is 5.43 Å². The highest BCUT2D eigenvalue weighted by atomic mass is 19.1. The molecule has 2 aliphatic rings. The van der Waals surface area contributed by atoms with Gasteiger partial charge >= 0.3 is 5.97 Å². The number of anilines is 1. The Morgan fingerprint density at radius 2 is 2.00 bits per heavy atom. The van der Waals surface area contributed by atoms with Crippen molar-refractivity contribution in [3.8, 4) is 0 Å². The first-order valence-corrected chi connectivity index (χ1v) is 8.69. The van der Waals surface area contributed by atoms with E-state index in [1.54, 1.807) is 4.90 Å². The van der Waals surface area contributed by atoms with Crippen LogP contribution >= 0.6 is 0 Å². The maximum atomic E-state index is 15.4. The smallest absolute Gasteiger partial charge is 0.341 e. The number of carboxylic acids is 1. The molecule has 3 N–H and O–H groups in total. The van der Waals surface area contributed by atoms with E-state index in [0.717, 1.165) is 31.7 Å². The van der Waals surface area contributed by atoms with E-state index in [4.69, 9.17) is 5.73 Å². The van der Waals surface area contributed by atoms with Gasteiger partial charge in [-0.2, -0.15) is 0 Å². The Kier molecular flexibility index (Phi) is 3.95. The summed E-state index contributed by atoms with van der Waals surface area (Å²) in [5.41, 5.74) is 4.37. The fourth-order valence-electron chi connectivity index (χ4n) is 3.73. The molecule has 1 saturated carbocycles. The Labute approximate surface area is 147 Å². The van der Waals surface area contributed by atoms with Gasteiger partial charge < -0.3 is 20.3 Å². The summed E-state index contributed by atoms with van der Waals surface area (Å²) in [5, 5.41) is 9.02. The number of rotatable bonds is 3. The first kappa shape index (κ1) is 17.0. The summed E-state index contributed by atoms with van der Waals surface area (Å²) in [4.78, 5) is 25.4. The molecule has 1 saturated heterocycles. The first-order chi connectivity index (χ1) is 12.4. The molecule has 8 heteroatoms. The number of carboxylic acid groups (broad SMARTS) is 1. The van der Waals surface area contributed by atoms with Crippen molar-refractivity contribution >= 4 is 22.6 Å². The second kappa shape index (κ2) is 6.05. The van der Waals surface area contributed by atoms with Crippen LogP contribution in [0.15, 0.2) is 17.1 Å². The lowest BCUT2D eigenvalue weighted by atomic mass is 10.0.